The Morgan fingerprint density at radius 1 is 1.14 bits per heavy atom. The normalized spacial score (nSPS) is 12.4. The van der Waals surface area contributed by atoms with Gasteiger partial charge in [-0.2, -0.15) is 0 Å². The van der Waals surface area contributed by atoms with Crippen molar-refractivity contribution in [1.29, 1.82) is 0 Å². The van der Waals surface area contributed by atoms with Crippen LogP contribution in [0.4, 0.5) is 0 Å². The predicted octanol–water partition coefficient (Wildman–Crippen LogP) is 1.05. The van der Waals surface area contributed by atoms with Crippen LogP contribution in [0.1, 0.15) is 33.6 Å². The largest absolute Gasteiger partial charge is 0.330 e. The van der Waals surface area contributed by atoms with Crippen molar-refractivity contribution in [3.8, 4) is 0 Å². The van der Waals surface area contributed by atoms with Crippen LogP contribution in [0.5, 0.6) is 0 Å². The van der Waals surface area contributed by atoms with Crippen LogP contribution in [0.15, 0.2) is 0 Å². The van der Waals surface area contributed by atoms with Gasteiger partial charge < -0.3 is 16.0 Å². The fraction of sp³-hybridized carbons (Fsp3) is 1.00. The van der Waals surface area contributed by atoms with Crippen LogP contribution in [-0.2, 0) is 0 Å². The van der Waals surface area contributed by atoms with Gasteiger partial charge in [0.15, 0.2) is 0 Å². The number of nitrogens with zero attached hydrogens (tertiary/aromatic N) is 1. The molecule has 0 unspecified atom stereocenters. The molecule has 86 valence electrons. The highest BCUT2D eigenvalue weighted by atomic mass is 15.1. The summed E-state index contributed by atoms with van der Waals surface area (Å²) in [6, 6.07) is 0. The molecule has 0 saturated heterocycles. The number of nitrogens with two attached hydrogens (primary N) is 1. The van der Waals surface area contributed by atoms with Gasteiger partial charge in [-0.1, -0.05) is 0 Å². The average Bonchev–Trinajstić information content (AvgIpc) is 2.07. The van der Waals surface area contributed by atoms with Crippen molar-refractivity contribution in [3.63, 3.8) is 0 Å². The van der Waals surface area contributed by atoms with E-state index in [1.165, 1.54) is 6.42 Å². The van der Waals surface area contributed by atoms with E-state index in [1.807, 2.05) is 0 Å². The smallest absolute Gasteiger partial charge is 0.00965 e. The van der Waals surface area contributed by atoms with E-state index in [0.717, 1.165) is 32.6 Å². The van der Waals surface area contributed by atoms with Crippen molar-refractivity contribution < 1.29 is 0 Å². The molecule has 0 aliphatic carbocycles. The number of rotatable bonds is 7. The second-order valence-electron chi connectivity index (χ2n) is 4.98. The van der Waals surface area contributed by atoms with Crippen molar-refractivity contribution in [2.75, 3.05) is 33.2 Å². The lowest BCUT2D eigenvalue weighted by atomic mass is 10.1. The summed E-state index contributed by atoms with van der Waals surface area (Å²) < 4.78 is 0. The maximum Gasteiger partial charge on any atom is 0.00965 e. The number of nitrogens with one attached hydrogen (secondary N) is 1. The number of hydrogen-bond donors (Lipinski definition) is 2. The van der Waals surface area contributed by atoms with Crippen LogP contribution in [0.25, 0.3) is 0 Å². The van der Waals surface area contributed by atoms with E-state index in [-0.39, 0.29) is 5.54 Å². The van der Waals surface area contributed by atoms with Crippen LogP contribution >= 0.6 is 0 Å². The van der Waals surface area contributed by atoms with E-state index < -0.39 is 0 Å². The first-order chi connectivity index (χ1) is 6.45. The van der Waals surface area contributed by atoms with Gasteiger partial charge in [0, 0.05) is 5.54 Å². The second-order valence-corrected chi connectivity index (χ2v) is 4.98. The molecule has 14 heavy (non-hydrogen) atoms. The van der Waals surface area contributed by atoms with Crippen molar-refractivity contribution in [1.82, 2.24) is 10.2 Å². The molecule has 0 radical (unpaired) electrons. The lowest BCUT2D eigenvalue weighted by Gasteiger charge is -2.22. The Morgan fingerprint density at radius 3 is 2.21 bits per heavy atom. The van der Waals surface area contributed by atoms with Gasteiger partial charge in [-0.25, -0.2) is 0 Å². The minimum absolute atomic E-state index is 0.246. The Bertz CT molecular complexity index is 129. The summed E-state index contributed by atoms with van der Waals surface area (Å²) >= 11 is 0. The van der Waals surface area contributed by atoms with E-state index in [2.05, 4.69) is 38.0 Å². The zero-order valence-corrected chi connectivity index (χ0v) is 10.3. The third-order valence-electron chi connectivity index (χ3n) is 2.12. The molecule has 0 aromatic rings. The maximum atomic E-state index is 5.45. The van der Waals surface area contributed by atoms with Gasteiger partial charge in [-0.3, -0.25) is 0 Å². The van der Waals surface area contributed by atoms with E-state index in [0.29, 0.717) is 0 Å². The fourth-order valence-electron chi connectivity index (χ4n) is 1.29. The Morgan fingerprint density at radius 2 is 1.71 bits per heavy atom. The average molecular weight is 201 g/mol. The van der Waals surface area contributed by atoms with E-state index in [1.54, 1.807) is 0 Å². The van der Waals surface area contributed by atoms with Crippen LogP contribution < -0.4 is 11.1 Å². The van der Waals surface area contributed by atoms with Crippen molar-refractivity contribution in [3.05, 3.63) is 0 Å². The highest BCUT2D eigenvalue weighted by Crippen LogP contribution is 1.98. The summed E-state index contributed by atoms with van der Waals surface area (Å²) in [6.45, 7) is 10.8. The van der Waals surface area contributed by atoms with Gasteiger partial charge in [0.1, 0.15) is 0 Å². The predicted molar refractivity (Wildman–Crippen MR) is 63.5 cm³/mol. The monoisotopic (exact) mass is 201 g/mol. The first-order valence-corrected chi connectivity index (χ1v) is 5.59. The maximum absolute atomic E-state index is 5.45. The summed E-state index contributed by atoms with van der Waals surface area (Å²) in [4.78, 5) is 2.34. The molecule has 0 heterocycles. The third-order valence-corrected chi connectivity index (χ3v) is 2.12. The minimum atomic E-state index is 0.246. The zero-order chi connectivity index (χ0) is 11.0. The lowest BCUT2D eigenvalue weighted by Crippen LogP contribution is -2.37. The van der Waals surface area contributed by atoms with Gasteiger partial charge in [0.05, 0.1) is 0 Å². The van der Waals surface area contributed by atoms with Gasteiger partial charge in [-0.05, 0) is 66.8 Å². The minimum Gasteiger partial charge on any atom is -0.330 e. The van der Waals surface area contributed by atoms with Crippen molar-refractivity contribution in [2.45, 2.75) is 39.2 Å². The molecule has 0 saturated carbocycles. The molecule has 0 aromatic carbocycles. The second kappa shape index (κ2) is 7.21. The van der Waals surface area contributed by atoms with Crippen LogP contribution in [0.3, 0.4) is 0 Å². The molecular weight excluding hydrogens is 174 g/mol. The summed E-state index contributed by atoms with van der Waals surface area (Å²) in [5, 5.41) is 3.48. The third kappa shape index (κ3) is 9.96. The van der Waals surface area contributed by atoms with Crippen molar-refractivity contribution in [2.24, 2.45) is 5.73 Å². The lowest BCUT2D eigenvalue weighted by molar-refractivity contribution is 0.314. The Labute approximate surface area is 89.0 Å². The first-order valence-electron chi connectivity index (χ1n) is 5.59. The fourth-order valence-corrected chi connectivity index (χ4v) is 1.29. The summed E-state index contributed by atoms with van der Waals surface area (Å²) in [6.07, 6.45) is 2.31. The zero-order valence-electron chi connectivity index (χ0n) is 10.3. The van der Waals surface area contributed by atoms with Crippen molar-refractivity contribution >= 4 is 0 Å². The summed E-state index contributed by atoms with van der Waals surface area (Å²) in [5.41, 5.74) is 5.70. The molecule has 0 aromatic heterocycles. The molecular formula is C11H27N3. The van der Waals surface area contributed by atoms with Gasteiger partial charge in [0.25, 0.3) is 0 Å². The van der Waals surface area contributed by atoms with E-state index >= 15 is 0 Å². The molecule has 0 aliphatic heterocycles. The molecule has 0 atom stereocenters. The van der Waals surface area contributed by atoms with E-state index in [4.69, 9.17) is 5.73 Å². The molecule has 3 heteroatoms. The Hall–Kier alpha value is -0.120. The highest BCUT2D eigenvalue weighted by molar-refractivity contribution is 4.70. The SMILES string of the molecule is CN(CCCN)CCCNC(C)(C)C. The van der Waals surface area contributed by atoms with Crippen LogP contribution in [-0.4, -0.2) is 43.7 Å². The molecule has 0 rings (SSSR count). The Kier molecular flexibility index (Phi) is 7.15. The first kappa shape index (κ1) is 13.9. The highest BCUT2D eigenvalue weighted by Gasteiger charge is 2.07. The van der Waals surface area contributed by atoms with Gasteiger partial charge in [-0.15, -0.1) is 0 Å². The molecule has 3 N–H and O–H groups in total. The molecule has 0 amide bonds. The molecule has 0 spiro atoms. The topological polar surface area (TPSA) is 41.3 Å². The number of hydrogen-bond acceptors (Lipinski definition) is 3. The van der Waals surface area contributed by atoms with Crippen LogP contribution in [0.2, 0.25) is 0 Å². The van der Waals surface area contributed by atoms with Crippen LogP contribution in [0, 0.1) is 0 Å². The Balaban J connectivity index is 3.27. The summed E-state index contributed by atoms with van der Waals surface area (Å²) in [7, 11) is 2.16. The summed E-state index contributed by atoms with van der Waals surface area (Å²) in [5.74, 6) is 0. The van der Waals surface area contributed by atoms with Gasteiger partial charge in [0.2, 0.25) is 0 Å². The van der Waals surface area contributed by atoms with Gasteiger partial charge >= 0.3 is 0 Å². The quantitative estimate of drug-likeness (QED) is 0.605. The van der Waals surface area contributed by atoms with E-state index in [9.17, 15) is 0 Å². The standard InChI is InChI=1S/C11H27N3/c1-11(2,3)13-8-6-10-14(4)9-5-7-12/h13H,5-10,12H2,1-4H3. The molecule has 0 aliphatic rings. The molecule has 3 nitrogen and oxygen atoms in total. The molecule has 0 fully saturated rings. The molecule has 0 bridgehead atoms.